The summed E-state index contributed by atoms with van der Waals surface area (Å²) in [6.45, 7) is 4.86. The molecule has 0 saturated carbocycles. The van der Waals surface area contributed by atoms with Crippen LogP contribution < -0.4 is 15.4 Å². The van der Waals surface area contributed by atoms with Gasteiger partial charge in [-0.2, -0.15) is 0 Å². The highest BCUT2D eigenvalue weighted by Gasteiger charge is 2.48. The molecule has 16 nitrogen and oxygen atoms in total. The number of rotatable bonds is 13. The van der Waals surface area contributed by atoms with Crippen molar-refractivity contribution >= 4 is 47.3 Å². The fraction of sp³-hybridized carbons (Fsp3) is 0.467. The van der Waals surface area contributed by atoms with E-state index in [1.54, 1.807) is 32.9 Å². The molecular formula is C30H37N3O13. The van der Waals surface area contributed by atoms with E-state index in [1.165, 1.54) is 18.2 Å². The minimum absolute atomic E-state index is 0.0343. The maximum Gasteiger partial charge on any atom is 0.335 e. The number of hydrogen-bond acceptors (Lipinski definition) is 12. The molecule has 6 N–H and O–H groups in total. The van der Waals surface area contributed by atoms with Crippen LogP contribution in [0, 0.1) is 5.41 Å². The second kappa shape index (κ2) is 15.6. The summed E-state index contributed by atoms with van der Waals surface area (Å²) in [6.07, 6.45) is -4.41. The monoisotopic (exact) mass is 647 g/mol. The molecule has 0 aliphatic carbocycles. The van der Waals surface area contributed by atoms with Gasteiger partial charge in [0.1, 0.15) is 30.7 Å². The number of carboxylic acids is 1. The Morgan fingerprint density at radius 3 is 2.28 bits per heavy atom. The lowest BCUT2D eigenvalue weighted by molar-refractivity contribution is -0.271. The average Bonchev–Trinajstić information content (AvgIpc) is 3.30. The van der Waals surface area contributed by atoms with Crippen molar-refractivity contribution in [2.24, 2.45) is 5.41 Å². The molecule has 1 aromatic rings. The molecule has 0 aromatic heterocycles. The molecule has 2 aliphatic rings. The predicted octanol–water partition coefficient (Wildman–Crippen LogP) is -0.680. The lowest BCUT2D eigenvalue weighted by Gasteiger charge is -2.38. The maximum absolute atomic E-state index is 12.8. The van der Waals surface area contributed by atoms with Crippen molar-refractivity contribution in [3.8, 4) is 5.75 Å². The van der Waals surface area contributed by atoms with Gasteiger partial charge in [0.2, 0.25) is 18.1 Å². The normalized spacial score (nSPS) is 23.0. The van der Waals surface area contributed by atoms with Crippen molar-refractivity contribution in [1.82, 2.24) is 10.2 Å². The molecule has 0 bridgehead atoms. The van der Waals surface area contributed by atoms with Crippen molar-refractivity contribution in [3.05, 3.63) is 42.0 Å². The van der Waals surface area contributed by atoms with Crippen LogP contribution in [0.5, 0.6) is 5.75 Å². The fourth-order valence-corrected chi connectivity index (χ4v) is 4.13. The third kappa shape index (κ3) is 9.68. The smallest absolute Gasteiger partial charge is 0.335 e. The number of esters is 1. The summed E-state index contributed by atoms with van der Waals surface area (Å²) in [5.41, 5.74) is -0.151. The lowest BCUT2D eigenvalue weighted by Crippen LogP contribution is -2.61. The number of carboxylic acid groups (broad SMARTS) is 1. The average molecular weight is 648 g/mol. The Kier molecular flexibility index (Phi) is 12.1. The van der Waals surface area contributed by atoms with Crippen molar-refractivity contribution in [1.29, 1.82) is 0 Å². The zero-order valence-electron chi connectivity index (χ0n) is 25.4. The van der Waals surface area contributed by atoms with Crippen molar-refractivity contribution in [3.63, 3.8) is 0 Å². The van der Waals surface area contributed by atoms with E-state index < -0.39 is 71.7 Å². The number of imide groups is 1. The van der Waals surface area contributed by atoms with Gasteiger partial charge in [0, 0.05) is 38.1 Å². The molecule has 0 radical (unpaired) electrons. The summed E-state index contributed by atoms with van der Waals surface area (Å²) in [4.78, 5) is 72.6. The Balaban J connectivity index is 1.68. The maximum atomic E-state index is 12.8. The molecule has 4 amide bonds. The number of aliphatic carboxylic acids is 1. The van der Waals surface area contributed by atoms with E-state index in [-0.39, 0.29) is 44.0 Å². The zero-order chi connectivity index (χ0) is 34.2. The molecule has 16 heteroatoms. The fourth-order valence-electron chi connectivity index (χ4n) is 4.13. The minimum atomic E-state index is -1.94. The number of anilines is 1. The molecule has 3 rings (SSSR count). The Hall–Kier alpha value is -4.64. The van der Waals surface area contributed by atoms with Crippen molar-refractivity contribution in [2.75, 3.05) is 25.0 Å². The topological polar surface area (TPSA) is 238 Å². The number of ether oxygens (including phenoxy) is 3. The Morgan fingerprint density at radius 2 is 1.65 bits per heavy atom. The lowest BCUT2D eigenvalue weighted by atomic mass is 9.97. The van der Waals surface area contributed by atoms with E-state index in [2.05, 4.69) is 10.6 Å². The highest BCUT2D eigenvalue weighted by molar-refractivity contribution is 6.13. The highest BCUT2D eigenvalue weighted by atomic mass is 16.7. The number of aliphatic hydroxyl groups is 3. The highest BCUT2D eigenvalue weighted by Crippen LogP contribution is 2.31. The Morgan fingerprint density at radius 1 is 0.978 bits per heavy atom. The molecule has 1 aromatic carbocycles. The van der Waals surface area contributed by atoms with Crippen LogP contribution in [0.1, 0.15) is 39.2 Å². The third-order valence-electron chi connectivity index (χ3n) is 6.70. The van der Waals surface area contributed by atoms with Crippen LogP contribution in [0.2, 0.25) is 0 Å². The van der Waals surface area contributed by atoms with Crippen LogP contribution in [0.25, 0.3) is 6.08 Å². The van der Waals surface area contributed by atoms with Crippen LogP contribution in [0.4, 0.5) is 5.69 Å². The molecule has 0 unspecified atom stereocenters. The van der Waals surface area contributed by atoms with Gasteiger partial charge in [0.25, 0.3) is 11.8 Å². The number of aliphatic hydroxyl groups excluding tert-OH is 3. The van der Waals surface area contributed by atoms with E-state index in [0.717, 1.165) is 17.1 Å². The van der Waals surface area contributed by atoms with Crippen molar-refractivity contribution < 1.29 is 63.4 Å². The van der Waals surface area contributed by atoms with Crippen LogP contribution in [-0.4, -0.2) is 111 Å². The summed E-state index contributed by atoms with van der Waals surface area (Å²) in [5.74, 6) is -4.25. The van der Waals surface area contributed by atoms with Crippen molar-refractivity contribution in [2.45, 2.75) is 64.3 Å². The summed E-state index contributed by atoms with van der Waals surface area (Å²) in [6, 6.07) is 4.37. The molecule has 46 heavy (non-hydrogen) atoms. The molecule has 1 fully saturated rings. The van der Waals surface area contributed by atoms with E-state index in [0.29, 0.717) is 5.56 Å². The summed E-state index contributed by atoms with van der Waals surface area (Å²) in [5, 5.41) is 44.9. The van der Waals surface area contributed by atoms with Crippen LogP contribution >= 0.6 is 0 Å². The number of amides is 4. The standard InChI is InChI=1S/C30H37N3O13/c1-30(2,3)29(43)44-14-4-5-16-6-7-18(45-28-25(40)23(38)24(39)26(46-28)27(41)42)17(15-16)32-20(35)10-12-31-19(34)11-13-33-21(36)8-9-22(33)37/h4-9,15,23-26,28,38-40H,10-14H2,1-3H3,(H,31,34)(H,32,35)(H,41,42)/b5-4+/t23-,24+,25-,26-,28+/m0/s1. The molecule has 0 spiro atoms. The largest absolute Gasteiger partial charge is 0.479 e. The first kappa shape index (κ1) is 35.8. The summed E-state index contributed by atoms with van der Waals surface area (Å²) in [7, 11) is 0. The van der Waals surface area contributed by atoms with Gasteiger partial charge in [-0.05, 0) is 44.5 Å². The second-order valence-corrected chi connectivity index (χ2v) is 11.4. The van der Waals surface area contributed by atoms with Gasteiger partial charge in [0.15, 0.2) is 6.10 Å². The van der Waals surface area contributed by atoms with Crippen LogP contribution in [-0.2, 0) is 38.2 Å². The minimum Gasteiger partial charge on any atom is -0.479 e. The molecule has 1 saturated heterocycles. The van der Waals surface area contributed by atoms with E-state index in [1.807, 2.05) is 0 Å². The van der Waals surface area contributed by atoms with Gasteiger partial charge in [-0.3, -0.25) is 28.9 Å². The number of benzene rings is 1. The van der Waals surface area contributed by atoms with Gasteiger partial charge in [-0.25, -0.2) is 4.79 Å². The number of nitrogens with one attached hydrogen (secondary N) is 2. The number of carbonyl (C=O) groups is 6. The van der Waals surface area contributed by atoms with Gasteiger partial charge in [-0.15, -0.1) is 0 Å². The van der Waals surface area contributed by atoms with E-state index in [4.69, 9.17) is 14.2 Å². The second-order valence-electron chi connectivity index (χ2n) is 11.4. The van der Waals surface area contributed by atoms with Crippen LogP contribution in [0.15, 0.2) is 36.4 Å². The first-order valence-electron chi connectivity index (χ1n) is 14.3. The zero-order valence-corrected chi connectivity index (χ0v) is 25.4. The van der Waals surface area contributed by atoms with Gasteiger partial charge in [0.05, 0.1) is 11.1 Å². The van der Waals surface area contributed by atoms with Gasteiger partial charge >= 0.3 is 11.9 Å². The quantitative estimate of drug-likeness (QED) is 0.115. The molecule has 5 atom stereocenters. The first-order chi connectivity index (χ1) is 21.6. The Labute approximate surface area is 263 Å². The molecule has 2 aliphatic heterocycles. The number of carbonyl (C=O) groups excluding carboxylic acids is 5. The summed E-state index contributed by atoms with van der Waals surface area (Å²) >= 11 is 0. The van der Waals surface area contributed by atoms with E-state index in [9.17, 15) is 49.2 Å². The van der Waals surface area contributed by atoms with E-state index >= 15 is 0 Å². The number of hydrogen-bond donors (Lipinski definition) is 6. The SMILES string of the molecule is CC(C)(C)C(=O)OC/C=C/c1ccc(O[C@@H]2O[C@H](C(=O)O)[C@H](O)[C@H](O)[C@@H]2O)c(NC(=O)CCNC(=O)CCN2C(=O)C=CC2=O)c1. The molecule has 2 heterocycles. The Bertz CT molecular complexity index is 1380. The van der Waals surface area contributed by atoms with Gasteiger partial charge < -0.3 is 45.3 Å². The number of nitrogens with zero attached hydrogens (tertiary/aromatic N) is 1. The molecular weight excluding hydrogens is 610 g/mol. The van der Waals surface area contributed by atoms with Gasteiger partial charge in [-0.1, -0.05) is 12.1 Å². The predicted molar refractivity (Wildman–Crippen MR) is 158 cm³/mol. The summed E-state index contributed by atoms with van der Waals surface area (Å²) < 4.78 is 16.0. The van der Waals surface area contributed by atoms with Crippen LogP contribution in [0.3, 0.4) is 0 Å². The first-order valence-corrected chi connectivity index (χ1v) is 14.3. The molecule has 250 valence electrons. The third-order valence-corrected chi connectivity index (χ3v) is 6.70.